The molecule has 3 rings (SSSR count). The molecule has 0 saturated carbocycles. The van der Waals surface area contributed by atoms with Crippen LogP contribution < -0.4 is 10.0 Å². The van der Waals surface area contributed by atoms with Gasteiger partial charge in [0, 0.05) is 12.7 Å². The number of benzene rings is 1. The van der Waals surface area contributed by atoms with E-state index in [0.29, 0.717) is 12.1 Å². The number of halogens is 1. The minimum atomic E-state index is -3.91. The Balaban J connectivity index is 1.92. The highest BCUT2D eigenvalue weighted by Crippen LogP contribution is 2.30. The summed E-state index contributed by atoms with van der Waals surface area (Å²) in [6.07, 6.45) is 7.05. The van der Waals surface area contributed by atoms with Crippen molar-refractivity contribution in [2.24, 2.45) is 0 Å². The number of nitrogens with one attached hydrogen (secondary N) is 2. The van der Waals surface area contributed by atoms with E-state index >= 15 is 0 Å². The lowest BCUT2D eigenvalue weighted by Crippen LogP contribution is -2.17. The summed E-state index contributed by atoms with van der Waals surface area (Å²) in [4.78, 5) is 0.128. The van der Waals surface area contributed by atoms with Gasteiger partial charge in [-0.15, -0.1) is 0 Å². The SMILES string of the molecule is N#Cc1ccc(NS(=O)(=O)C2=CNCC2=C2C=CCC2)c(F)c1. The molecular weight excluding hydrogens is 317 g/mol. The lowest BCUT2D eigenvalue weighted by Gasteiger charge is -2.12. The van der Waals surface area contributed by atoms with Crippen molar-refractivity contribution >= 4 is 15.7 Å². The predicted octanol–water partition coefficient (Wildman–Crippen LogP) is 2.53. The molecule has 23 heavy (non-hydrogen) atoms. The number of hydrogen-bond acceptors (Lipinski definition) is 4. The zero-order valence-corrected chi connectivity index (χ0v) is 13.0. The van der Waals surface area contributed by atoms with Gasteiger partial charge in [0.2, 0.25) is 0 Å². The van der Waals surface area contributed by atoms with Crippen LogP contribution in [0.3, 0.4) is 0 Å². The van der Waals surface area contributed by atoms with E-state index in [1.807, 2.05) is 12.2 Å². The molecule has 0 radical (unpaired) electrons. The highest BCUT2D eigenvalue weighted by atomic mass is 32.2. The van der Waals surface area contributed by atoms with Crippen molar-refractivity contribution < 1.29 is 12.8 Å². The van der Waals surface area contributed by atoms with Crippen LogP contribution in [0.1, 0.15) is 18.4 Å². The van der Waals surface area contributed by atoms with Crippen LogP contribution in [0.4, 0.5) is 10.1 Å². The smallest absolute Gasteiger partial charge is 0.263 e. The van der Waals surface area contributed by atoms with Crippen LogP contribution in [0.2, 0.25) is 0 Å². The fraction of sp³-hybridized carbons (Fsp3) is 0.188. The van der Waals surface area contributed by atoms with Crippen LogP contribution in [0.25, 0.3) is 0 Å². The van der Waals surface area contributed by atoms with Crippen molar-refractivity contribution in [1.29, 1.82) is 5.26 Å². The second-order valence-electron chi connectivity index (χ2n) is 5.25. The molecule has 0 atom stereocenters. The Morgan fingerprint density at radius 1 is 1.35 bits per heavy atom. The molecule has 1 aromatic carbocycles. The molecule has 0 amide bonds. The molecule has 0 aromatic heterocycles. The summed E-state index contributed by atoms with van der Waals surface area (Å²) in [7, 11) is -3.91. The molecule has 1 aromatic rings. The minimum absolute atomic E-state index is 0.128. The van der Waals surface area contributed by atoms with Crippen LogP contribution in [-0.4, -0.2) is 15.0 Å². The standard InChI is InChI=1S/C16H14FN3O2S/c17-14-7-11(8-18)5-6-15(14)20-23(21,22)16-10-19-9-13(16)12-3-1-2-4-12/h1,3,5-7,10,19-20H,2,4,9H2. The number of anilines is 1. The molecule has 0 bridgehead atoms. The molecule has 1 heterocycles. The lowest BCUT2D eigenvalue weighted by atomic mass is 10.1. The number of hydrogen-bond donors (Lipinski definition) is 2. The van der Waals surface area contributed by atoms with E-state index in [1.54, 1.807) is 6.07 Å². The number of rotatable bonds is 3. The molecule has 2 N–H and O–H groups in total. The number of nitrogens with zero attached hydrogens (tertiary/aromatic N) is 1. The summed E-state index contributed by atoms with van der Waals surface area (Å²) < 4.78 is 41.3. The van der Waals surface area contributed by atoms with E-state index in [0.717, 1.165) is 24.5 Å². The van der Waals surface area contributed by atoms with E-state index in [-0.39, 0.29) is 16.2 Å². The Hall–Kier alpha value is -2.59. The first kappa shape index (κ1) is 15.3. The molecular formula is C16H14FN3O2S. The first-order valence-corrected chi connectivity index (χ1v) is 8.54. The minimum Gasteiger partial charge on any atom is -0.386 e. The Labute approximate surface area is 133 Å². The van der Waals surface area contributed by atoms with Gasteiger partial charge >= 0.3 is 0 Å². The largest absolute Gasteiger partial charge is 0.386 e. The van der Waals surface area contributed by atoms with Gasteiger partial charge in [-0.1, -0.05) is 12.2 Å². The average molecular weight is 331 g/mol. The highest BCUT2D eigenvalue weighted by Gasteiger charge is 2.28. The molecule has 0 spiro atoms. The summed E-state index contributed by atoms with van der Waals surface area (Å²) in [6.45, 7) is 0.436. The lowest BCUT2D eigenvalue weighted by molar-refractivity contribution is 0.604. The van der Waals surface area contributed by atoms with E-state index < -0.39 is 15.8 Å². The molecule has 5 nitrogen and oxygen atoms in total. The first-order valence-electron chi connectivity index (χ1n) is 7.06. The maximum Gasteiger partial charge on any atom is 0.263 e. The fourth-order valence-corrected chi connectivity index (χ4v) is 3.93. The van der Waals surface area contributed by atoms with E-state index in [1.165, 1.54) is 18.3 Å². The van der Waals surface area contributed by atoms with Crippen molar-refractivity contribution in [3.05, 3.63) is 64.0 Å². The van der Waals surface area contributed by atoms with Gasteiger partial charge in [-0.2, -0.15) is 5.26 Å². The molecule has 1 aliphatic carbocycles. The third-order valence-electron chi connectivity index (χ3n) is 3.73. The zero-order valence-electron chi connectivity index (χ0n) is 12.1. The topological polar surface area (TPSA) is 82.0 Å². The Morgan fingerprint density at radius 3 is 2.83 bits per heavy atom. The van der Waals surface area contributed by atoms with Crippen molar-refractivity contribution in [2.45, 2.75) is 12.8 Å². The fourth-order valence-electron chi connectivity index (χ4n) is 2.60. The molecule has 7 heteroatoms. The second kappa shape index (κ2) is 5.89. The third kappa shape index (κ3) is 2.98. The summed E-state index contributed by atoms with van der Waals surface area (Å²) in [5.74, 6) is -0.783. The molecule has 2 aliphatic rings. The van der Waals surface area contributed by atoms with Crippen molar-refractivity contribution in [3.63, 3.8) is 0 Å². The van der Waals surface area contributed by atoms with Gasteiger partial charge < -0.3 is 5.32 Å². The number of allylic oxidation sites excluding steroid dienone is 3. The molecule has 118 valence electrons. The second-order valence-corrected chi connectivity index (χ2v) is 6.90. The highest BCUT2D eigenvalue weighted by molar-refractivity contribution is 7.96. The van der Waals surface area contributed by atoms with Gasteiger partial charge in [0.1, 0.15) is 10.7 Å². The molecule has 0 fully saturated rings. The van der Waals surface area contributed by atoms with Crippen LogP contribution in [0.15, 0.2) is 52.6 Å². The van der Waals surface area contributed by atoms with Gasteiger partial charge in [0.25, 0.3) is 10.0 Å². The quantitative estimate of drug-likeness (QED) is 0.892. The third-order valence-corrected chi connectivity index (χ3v) is 5.16. The van der Waals surface area contributed by atoms with Gasteiger partial charge in [-0.05, 0) is 42.2 Å². The molecule has 1 aliphatic heterocycles. The van der Waals surface area contributed by atoms with Gasteiger partial charge in [0.05, 0.1) is 17.3 Å². The van der Waals surface area contributed by atoms with Crippen LogP contribution in [-0.2, 0) is 10.0 Å². The van der Waals surface area contributed by atoms with E-state index in [2.05, 4.69) is 10.0 Å². The maximum absolute atomic E-state index is 13.9. The zero-order chi connectivity index (χ0) is 16.4. The number of sulfonamides is 1. The normalized spacial score (nSPS) is 20.1. The van der Waals surface area contributed by atoms with Gasteiger partial charge in [0.15, 0.2) is 0 Å². The Kier molecular flexibility index (Phi) is 3.92. The van der Waals surface area contributed by atoms with Gasteiger partial charge in [-0.3, -0.25) is 4.72 Å². The first-order chi connectivity index (χ1) is 11.0. The Bertz CT molecular complexity index is 892. The summed E-state index contributed by atoms with van der Waals surface area (Å²) in [5, 5.41) is 11.6. The molecule has 0 saturated heterocycles. The van der Waals surface area contributed by atoms with Crippen molar-refractivity contribution in [2.75, 3.05) is 11.3 Å². The van der Waals surface area contributed by atoms with Crippen molar-refractivity contribution in [3.8, 4) is 6.07 Å². The van der Waals surface area contributed by atoms with Crippen LogP contribution >= 0.6 is 0 Å². The molecule has 0 unspecified atom stereocenters. The van der Waals surface area contributed by atoms with E-state index in [4.69, 9.17) is 5.26 Å². The maximum atomic E-state index is 13.9. The number of nitriles is 1. The Morgan fingerprint density at radius 2 is 2.17 bits per heavy atom. The van der Waals surface area contributed by atoms with Gasteiger partial charge in [-0.25, -0.2) is 12.8 Å². The van der Waals surface area contributed by atoms with Crippen LogP contribution in [0, 0.1) is 17.1 Å². The van der Waals surface area contributed by atoms with Crippen molar-refractivity contribution in [1.82, 2.24) is 5.32 Å². The summed E-state index contributed by atoms with van der Waals surface area (Å²) >= 11 is 0. The summed E-state index contributed by atoms with van der Waals surface area (Å²) in [6, 6.07) is 5.41. The monoisotopic (exact) mass is 331 g/mol. The predicted molar refractivity (Wildman–Crippen MR) is 85.1 cm³/mol. The van der Waals surface area contributed by atoms with E-state index in [9.17, 15) is 12.8 Å². The van der Waals surface area contributed by atoms with Crippen LogP contribution in [0.5, 0.6) is 0 Å². The summed E-state index contributed by atoms with van der Waals surface area (Å²) in [5.41, 5.74) is 1.64. The average Bonchev–Trinajstić information content (AvgIpc) is 3.19.